The monoisotopic (exact) mass is 364 g/mol. The van der Waals surface area contributed by atoms with Gasteiger partial charge in [-0.3, -0.25) is 4.79 Å². The van der Waals surface area contributed by atoms with Gasteiger partial charge in [-0.25, -0.2) is 0 Å². The molecule has 0 unspecified atom stereocenters. The third kappa shape index (κ3) is 2.65. The maximum Gasteiger partial charge on any atom is 0.259 e. The van der Waals surface area contributed by atoms with Crippen molar-refractivity contribution in [2.45, 2.75) is 12.8 Å². The Labute approximate surface area is 136 Å². The lowest BCUT2D eigenvalue weighted by atomic mass is 9.99. The van der Waals surface area contributed by atoms with Gasteiger partial charge in [0, 0.05) is 22.4 Å². The summed E-state index contributed by atoms with van der Waals surface area (Å²) >= 11 is 9.55. The summed E-state index contributed by atoms with van der Waals surface area (Å²) in [6.45, 7) is 0.682. The number of halogens is 2. The summed E-state index contributed by atoms with van der Waals surface area (Å²) in [6, 6.07) is 11.0. The van der Waals surface area contributed by atoms with E-state index in [0.717, 1.165) is 34.3 Å². The number of amides is 1. The highest BCUT2D eigenvalue weighted by Crippen LogP contribution is 2.33. The summed E-state index contributed by atoms with van der Waals surface area (Å²) in [4.78, 5) is 14.6. The molecule has 0 radical (unpaired) electrons. The van der Waals surface area contributed by atoms with Crippen molar-refractivity contribution in [3.8, 4) is 0 Å². The van der Waals surface area contributed by atoms with E-state index >= 15 is 0 Å². The Morgan fingerprint density at radius 2 is 2.10 bits per heavy atom. The van der Waals surface area contributed by atoms with Crippen LogP contribution in [-0.2, 0) is 6.42 Å². The van der Waals surface area contributed by atoms with E-state index in [1.54, 1.807) is 17.0 Å². The second-order valence-electron chi connectivity index (χ2n) is 5.03. The molecule has 0 saturated carbocycles. The number of hydrogen-bond acceptors (Lipinski definition) is 2. The smallest absolute Gasteiger partial charge is 0.259 e. The van der Waals surface area contributed by atoms with Crippen LogP contribution in [0.1, 0.15) is 22.3 Å². The SMILES string of the molecule is Nc1cccc2c1CCCN2C(=O)c1ccc(Br)cc1Cl. The number of anilines is 2. The van der Waals surface area contributed by atoms with Crippen LogP contribution in [0.2, 0.25) is 5.02 Å². The molecule has 2 aromatic rings. The van der Waals surface area contributed by atoms with Crippen molar-refractivity contribution in [3.63, 3.8) is 0 Å². The van der Waals surface area contributed by atoms with Gasteiger partial charge in [-0.1, -0.05) is 33.6 Å². The second-order valence-corrected chi connectivity index (χ2v) is 6.35. The number of fused-ring (bicyclic) bond motifs is 1. The third-order valence-corrected chi connectivity index (χ3v) is 4.50. The van der Waals surface area contributed by atoms with Crippen molar-refractivity contribution in [2.75, 3.05) is 17.2 Å². The zero-order chi connectivity index (χ0) is 15.0. The summed E-state index contributed by atoms with van der Waals surface area (Å²) in [6.07, 6.45) is 1.81. The van der Waals surface area contributed by atoms with Gasteiger partial charge in [-0.05, 0) is 48.7 Å². The van der Waals surface area contributed by atoms with Crippen LogP contribution in [0.4, 0.5) is 11.4 Å². The molecular weight excluding hydrogens is 352 g/mol. The van der Waals surface area contributed by atoms with Crippen LogP contribution in [0.3, 0.4) is 0 Å². The molecule has 0 atom stereocenters. The minimum absolute atomic E-state index is 0.0842. The number of hydrogen-bond donors (Lipinski definition) is 1. The lowest BCUT2D eigenvalue weighted by molar-refractivity contribution is 0.0985. The first kappa shape index (κ1) is 14.4. The van der Waals surface area contributed by atoms with Crippen LogP contribution in [0.15, 0.2) is 40.9 Å². The number of carbonyl (C=O) groups excluding carboxylic acids is 1. The van der Waals surface area contributed by atoms with Crippen LogP contribution in [0.5, 0.6) is 0 Å². The minimum Gasteiger partial charge on any atom is -0.398 e. The Kier molecular flexibility index (Phi) is 3.91. The molecule has 3 rings (SSSR count). The highest BCUT2D eigenvalue weighted by molar-refractivity contribution is 9.10. The van der Waals surface area contributed by atoms with E-state index in [0.29, 0.717) is 17.1 Å². The maximum absolute atomic E-state index is 12.8. The molecule has 1 aliphatic rings. The summed E-state index contributed by atoms with van der Waals surface area (Å²) in [5, 5.41) is 0.449. The van der Waals surface area contributed by atoms with Crippen molar-refractivity contribution in [3.05, 3.63) is 57.0 Å². The molecule has 0 saturated heterocycles. The Bertz CT molecular complexity index is 717. The van der Waals surface area contributed by atoms with E-state index in [2.05, 4.69) is 15.9 Å². The van der Waals surface area contributed by atoms with Gasteiger partial charge in [-0.15, -0.1) is 0 Å². The van der Waals surface area contributed by atoms with Gasteiger partial charge < -0.3 is 10.6 Å². The average molecular weight is 366 g/mol. The van der Waals surface area contributed by atoms with Crippen LogP contribution in [0.25, 0.3) is 0 Å². The minimum atomic E-state index is -0.0842. The molecule has 1 amide bonds. The molecule has 108 valence electrons. The van der Waals surface area contributed by atoms with E-state index in [1.165, 1.54) is 0 Å². The van der Waals surface area contributed by atoms with Crippen molar-refractivity contribution in [2.24, 2.45) is 0 Å². The summed E-state index contributed by atoms with van der Waals surface area (Å²) in [5.74, 6) is -0.0842. The topological polar surface area (TPSA) is 46.3 Å². The van der Waals surface area contributed by atoms with Crippen molar-refractivity contribution in [1.82, 2.24) is 0 Å². The Hall–Kier alpha value is -1.52. The molecule has 1 aliphatic heterocycles. The number of nitrogen functional groups attached to an aromatic ring is 1. The van der Waals surface area contributed by atoms with E-state index in [-0.39, 0.29) is 5.91 Å². The molecule has 0 bridgehead atoms. The number of benzene rings is 2. The van der Waals surface area contributed by atoms with Gasteiger partial charge in [0.05, 0.1) is 10.6 Å². The fraction of sp³-hybridized carbons (Fsp3) is 0.188. The number of carbonyl (C=O) groups is 1. The normalized spacial score (nSPS) is 13.9. The highest BCUT2D eigenvalue weighted by atomic mass is 79.9. The molecule has 2 N–H and O–H groups in total. The summed E-state index contributed by atoms with van der Waals surface area (Å²) in [7, 11) is 0. The molecule has 3 nitrogen and oxygen atoms in total. The predicted octanol–water partition coefficient (Wildman–Crippen LogP) is 4.28. The summed E-state index contributed by atoms with van der Waals surface area (Å²) < 4.78 is 0.854. The van der Waals surface area contributed by atoms with Gasteiger partial charge in [-0.2, -0.15) is 0 Å². The first-order valence-corrected chi connectivity index (χ1v) is 7.89. The molecule has 0 aromatic heterocycles. The molecule has 21 heavy (non-hydrogen) atoms. The van der Waals surface area contributed by atoms with E-state index in [4.69, 9.17) is 17.3 Å². The van der Waals surface area contributed by atoms with Crippen LogP contribution >= 0.6 is 27.5 Å². The van der Waals surface area contributed by atoms with Gasteiger partial charge in [0.1, 0.15) is 0 Å². The molecule has 0 aliphatic carbocycles. The van der Waals surface area contributed by atoms with Crippen LogP contribution < -0.4 is 10.6 Å². The number of nitrogens with zero attached hydrogens (tertiary/aromatic N) is 1. The predicted molar refractivity (Wildman–Crippen MR) is 90.0 cm³/mol. The molecule has 0 spiro atoms. The quantitative estimate of drug-likeness (QED) is 0.767. The number of nitrogens with two attached hydrogens (primary N) is 1. The largest absolute Gasteiger partial charge is 0.398 e. The Morgan fingerprint density at radius 3 is 2.86 bits per heavy atom. The van der Waals surface area contributed by atoms with Gasteiger partial charge >= 0.3 is 0 Å². The first-order valence-electron chi connectivity index (χ1n) is 6.72. The van der Waals surface area contributed by atoms with E-state index in [9.17, 15) is 4.79 Å². The first-order chi connectivity index (χ1) is 10.1. The second kappa shape index (κ2) is 5.70. The lowest BCUT2D eigenvalue weighted by Gasteiger charge is -2.30. The van der Waals surface area contributed by atoms with Crippen molar-refractivity contribution in [1.29, 1.82) is 0 Å². The third-order valence-electron chi connectivity index (χ3n) is 3.69. The fourth-order valence-corrected chi connectivity index (χ4v) is 3.43. The Morgan fingerprint density at radius 1 is 1.29 bits per heavy atom. The standard InChI is InChI=1S/C16H14BrClN2O/c17-10-6-7-11(13(18)9-10)16(21)20-8-2-3-12-14(19)4-1-5-15(12)20/h1,4-7,9H,2-3,8,19H2. The van der Waals surface area contributed by atoms with Gasteiger partial charge in [0.25, 0.3) is 5.91 Å². The van der Waals surface area contributed by atoms with Crippen LogP contribution in [-0.4, -0.2) is 12.5 Å². The fourth-order valence-electron chi connectivity index (χ4n) is 2.67. The highest BCUT2D eigenvalue weighted by Gasteiger charge is 2.25. The van der Waals surface area contributed by atoms with E-state index in [1.807, 2.05) is 24.3 Å². The molecule has 0 fully saturated rings. The molecule has 1 heterocycles. The Balaban J connectivity index is 2.02. The lowest BCUT2D eigenvalue weighted by Crippen LogP contribution is -2.35. The van der Waals surface area contributed by atoms with Crippen molar-refractivity contribution < 1.29 is 4.79 Å². The van der Waals surface area contributed by atoms with Crippen molar-refractivity contribution >= 4 is 44.8 Å². The van der Waals surface area contributed by atoms with Gasteiger partial charge in [0.2, 0.25) is 0 Å². The molecule has 2 aromatic carbocycles. The zero-order valence-corrected chi connectivity index (χ0v) is 13.6. The molecular formula is C16H14BrClN2O. The summed E-state index contributed by atoms with van der Waals surface area (Å²) in [5.41, 5.74) is 9.21. The van der Waals surface area contributed by atoms with E-state index < -0.39 is 0 Å². The average Bonchev–Trinajstić information content (AvgIpc) is 2.46. The number of rotatable bonds is 1. The maximum atomic E-state index is 12.8. The van der Waals surface area contributed by atoms with Crippen LogP contribution in [0, 0.1) is 0 Å². The van der Waals surface area contributed by atoms with Gasteiger partial charge in [0.15, 0.2) is 0 Å². The molecule has 5 heteroatoms. The zero-order valence-electron chi connectivity index (χ0n) is 11.3.